The summed E-state index contributed by atoms with van der Waals surface area (Å²) >= 11 is 0. The molecule has 0 radical (unpaired) electrons. The second-order valence-corrected chi connectivity index (χ2v) is 4.90. The van der Waals surface area contributed by atoms with Crippen molar-refractivity contribution in [2.24, 2.45) is 11.8 Å². The molecule has 0 amide bonds. The molecular weight excluding hydrogens is 180 g/mol. The molecule has 2 rings (SSSR count). The molecule has 2 atom stereocenters. The van der Waals surface area contributed by atoms with Gasteiger partial charge in [0.2, 0.25) is 0 Å². The molecule has 0 N–H and O–H groups in total. The zero-order valence-corrected chi connectivity index (χ0v) is 9.78. The van der Waals surface area contributed by atoms with Crippen molar-refractivity contribution in [3.63, 3.8) is 0 Å². The van der Waals surface area contributed by atoms with Gasteiger partial charge < -0.3 is 0 Å². The molecule has 1 fully saturated rings. The van der Waals surface area contributed by atoms with E-state index in [1.165, 1.54) is 44.1 Å². The number of rotatable bonds is 3. The highest BCUT2D eigenvalue weighted by molar-refractivity contribution is 5.15. The lowest BCUT2D eigenvalue weighted by Gasteiger charge is -2.30. The van der Waals surface area contributed by atoms with Crippen molar-refractivity contribution >= 4 is 0 Å². The van der Waals surface area contributed by atoms with Crippen molar-refractivity contribution in [1.29, 1.82) is 0 Å². The molecule has 1 aromatic rings. The van der Waals surface area contributed by atoms with Gasteiger partial charge >= 0.3 is 0 Å². The first-order chi connectivity index (χ1) is 7.40. The molecule has 2 unspecified atom stereocenters. The van der Waals surface area contributed by atoms with Gasteiger partial charge in [-0.05, 0) is 30.2 Å². The molecule has 0 aromatic heterocycles. The molecule has 1 aliphatic carbocycles. The van der Waals surface area contributed by atoms with E-state index in [-0.39, 0.29) is 0 Å². The third-order valence-corrected chi connectivity index (χ3v) is 3.93. The molecule has 0 aliphatic heterocycles. The summed E-state index contributed by atoms with van der Waals surface area (Å²) in [6.45, 7) is 2.36. The van der Waals surface area contributed by atoms with Crippen molar-refractivity contribution in [1.82, 2.24) is 0 Å². The first kappa shape index (κ1) is 10.7. The van der Waals surface area contributed by atoms with Gasteiger partial charge in [-0.15, -0.1) is 0 Å². The summed E-state index contributed by atoms with van der Waals surface area (Å²) < 4.78 is 0. The maximum absolute atomic E-state index is 2.36. The van der Waals surface area contributed by atoms with Crippen LogP contribution in [0, 0.1) is 11.8 Å². The molecule has 1 aromatic carbocycles. The van der Waals surface area contributed by atoms with Gasteiger partial charge in [0.15, 0.2) is 0 Å². The van der Waals surface area contributed by atoms with E-state index in [9.17, 15) is 0 Å². The molecule has 0 bridgehead atoms. The van der Waals surface area contributed by atoms with Crippen LogP contribution in [0.2, 0.25) is 0 Å². The highest BCUT2D eigenvalue weighted by Gasteiger charge is 2.23. The van der Waals surface area contributed by atoms with E-state index in [1.54, 1.807) is 0 Å². The van der Waals surface area contributed by atoms with E-state index in [4.69, 9.17) is 0 Å². The van der Waals surface area contributed by atoms with Gasteiger partial charge in [-0.1, -0.05) is 62.9 Å². The molecule has 0 heteroatoms. The average molecular weight is 202 g/mol. The zero-order chi connectivity index (χ0) is 10.5. The van der Waals surface area contributed by atoms with Gasteiger partial charge in [-0.25, -0.2) is 0 Å². The van der Waals surface area contributed by atoms with Crippen molar-refractivity contribution < 1.29 is 0 Å². The SMILES string of the molecule is CCC1CCCCC1Cc1ccccc1. The van der Waals surface area contributed by atoms with Gasteiger partial charge in [0.1, 0.15) is 0 Å². The Balaban J connectivity index is 1.97. The highest BCUT2D eigenvalue weighted by Crippen LogP contribution is 2.34. The molecule has 1 aliphatic rings. The number of benzene rings is 1. The fraction of sp³-hybridized carbons (Fsp3) is 0.600. The molecule has 82 valence electrons. The van der Waals surface area contributed by atoms with E-state index in [0.29, 0.717) is 0 Å². The van der Waals surface area contributed by atoms with Gasteiger partial charge in [0.05, 0.1) is 0 Å². The first-order valence-corrected chi connectivity index (χ1v) is 6.44. The lowest BCUT2D eigenvalue weighted by molar-refractivity contribution is 0.229. The predicted octanol–water partition coefficient (Wildman–Crippen LogP) is 4.45. The monoisotopic (exact) mass is 202 g/mol. The van der Waals surface area contributed by atoms with Gasteiger partial charge in [0.25, 0.3) is 0 Å². The standard InChI is InChI=1S/C15H22/c1-2-14-10-6-7-11-15(14)12-13-8-4-3-5-9-13/h3-5,8-9,14-15H,2,6-7,10-12H2,1H3. The molecule has 1 saturated carbocycles. The summed E-state index contributed by atoms with van der Waals surface area (Å²) in [5, 5.41) is 0. The fourth-order valence-electron chi connectivity index (χ4n) is 3.01. The minimum absolute atomic E-state index is 0.950. The number of hydrogen-bond donors (Lipinski definition) is 0. The predicted molar refractivity (Wildman–Crippen MR) is 65.9 cm³/mol. The molecule has 0 nitrogen and oxygen atoms in total. The summed E-state index contributed by atoms with van der Waals surface area (Å²) in [6, 6.07) is 11.0. The average Bonchev–Trinajstić information content (AvgIpc) is 2.31. The second kappa shape index (κ2) is 5.34. The van der Waals surface area contributed by atoms with E-state index in [1.807, 2.05) is 0 Å². The fourth-order valence-corrected chi connectivity index (χ4v) is 3.01. The lowest BCUT2D eigenvalue weighted by Crippen LogP contribution is -2.20. The maximum Gasteiger partial charge on any atom is -0.0248 e. The normalized spacial score (nSPS) is 26.5. The smallest absolute Gasteiger partial charge is 0.0248 e. The van der Waals surface area contributed by atoms with E-state index >= 15 is 0 Å². The Morgan fingerprint density at radius 3 is 2.33 bits per heavy atom. The third-order valence-electron chi connectivity index (χ3n) is 3.93. The first-order valence-electron chi connectivity index (χ1n) is 6.44. The number of hydrogen-bond acceptors (Lipinski definition) is 0. The molecule has 15 heavy (non-hydrogen) atoms. The van der Waals surface area contributed by atoms with Crippen LogP contribution in [0.25, 0.3) is 0 Å². The van der Waals surface area contributed by atoms with Crippen LogP contribution in [0.15, 0.2) is 30.3 Å². The van der Waals surface area contributed by atoms with Crippen LogP contribution >= 0.6 is 0 Å². The minimum Gasteiger partial charge on any atom is -0.0651 e. The van der Waals surface area contributed by atoms with Crippen molar-refractivity contribution in [2.75, 3.05) is 0 Å². The van der Waals surface area contributed by atoms with Crippen LogP contribution in [0.4, 0.5) is 0 Å². The quantitative estimate of drug-likeness (QED) is 0.679. The lowest BCUT2D eigenvalue weighted by atomic mass is 9.75. The Hall–Kier alpha value is -0.780. The van der Waals surface area contributed by atoms with Crippen LogP contribution in [0.3, 0.4) is 0 Å². The van der Waals surface area contributed by atoms with Crippen LogP contribution < -0.4 is 0 Å². The van der Waals surface area contributed by atoms with Crippen molar-refractivity contribution in [2.45, 2.75) is 45.4 Å². The summed E-state index contributed by atoms with van der Waals surface area (Å²) in [7, 11) is 0. The second-order valence-electron chi connectivity index (χ2n) is 4.90. The summed E-state index contributed by atoms with van der Waals surface area (Å²) in [5.41, 5.74) is 1.53. The van der Waals surface area contributed by atoms with Crippen LogP contribution in [0.5, 0.6) is 0 Å². The van der Waals surface area contributed by atoms with E-state index < -0.39 is 0 Å². The summed E-state index contributed by atoms with van der Waals surface area (Å²) in [5.74, 6) is 1.94. The minimum atomic E-state index is 0.950. The van der Waals surface area contributed by atoms with Gasteiger partial charge in [0, 0.05) is 0 Å². The third kappa shape index (κ3) is 2.84. The van der Waals surface area contributed by atoms with Gasteiger partial charge in [-0.3, -0.25) is 0 Å². The van der Waals surface area contributed by atoms with Crippen molar-refractivity contribution in [3.8, 4) is 0 Å². The molecule has 0 heterocycles. The zero-order valence-electron chi connectivity index (χ0n) is 9.78. The molecule has 0 spiro atoms. The van der Waals surface area contributed by atoms with Crippen LogP contribution in [-0.4, -0.2) is 0 Å². The van der Waals surface area contributed by atoms with Crippen molar-refractivity contribution in [3.05, 3.63) is 35.9 Å². The largest absolute Gasteiger partial charge is 0.0651 e. The topological polar surface area (TPSA) is 0 Å². The summed E-state index contributed by atoms with van der Waals surface area (Å²) in [4.78, 5) is 0. The Morgan fingerprint density at radius 1 is 1.00 bits per heavy atom. The van der Waals surface area contributed by atoms with Crippen LogP contribution in [-0.2, 0) is 6.42 Å². The van der Waals surface area contributed by atoms with Gasteiger partial charge in [-0.2, -0.15) is 0 Å². The van der Waals surface area contributed by atoms with E-state index in [0.717, 1.165) is 11.8 Å². The highest BCUT2D eigenvalue weighted by atomic mass is 14.3. The Kier molecular flexibility index (Phi) is 3.82. The Bertz CT molecular complexity index is 275. The molecular formula is C15H22. The Morgan fingerprint density at radius 2 is 1.67 bits per heavy atom. The summed E-state index contributed by atoms with van der Waals surface area (Å²) in [6.07, 6.45) is 8.51. The molecule has 0 saturated heterocycles. The van der Waals surface area contributed by atoms with Crippen LogP contribution in [0.1, 0.15) is 44.6 Å². The van der Waals surface area contributed by atoms with E-state index in [2.05, 4.69) is 37.3 Å². The maximum atomic E-state index is 2.36. The Labute approximate surface area is 93.7 Å².